The molecule has 0 aromatic carbocycles. The van der Waals surface area contributed by atoms with Crippen molar-refractivity contribution in [2.24, 2.45) is 11.8 Å². The third kappa shape index (κ3) is 4.94. The number of hydrogen-bond acceptors (Lipinski definition) is 6. The van der Waals surface area contributed by atoms with E-state index >= 15 is 0 Å². The van der Waals surface area contributed by atoms with E-state index in [4.69, 9.17) is 9.47 Å². The first-order chi connectivity index (χ1) is 18.4. The maximum atomic E-state index is 14.4. The van der Waals surface area contributed by atoms with Crippen LogP contribution in [0.3, 0.4) is 0 Å². The molecular formula is C30H46N2O6. The average Bonchev–Trinajstić information content (AvgIpc) is 3.54. The number of esters is 1. The van der Waals surface area contributed by atoms with Gasteiger partial charge in [0.2, 0.25) is 11.8 Å². The molecule has 3 aliphatic heterocycles. The summed E-state index contributed by atoms with van der Waals surface area (Å²) in [6, 6.07) is -0.707. The van der Waals surface area contributed by atoms with Crippen LogP contribution in [0.2, 0.25) is 0 Å². The van der Waals surface area contributed by atoms with Crippen LogP contribution in [0.1, 0.15) is 84.0 Å². The summed E-state index contributed by atoms with van der Waals surface area (Å²) in [6.07, 6.45) is 13.4. The molecule has 8 nitrogen and oxygen atoms in total. The third-order valence-corrected chi connectivity index (χ3v) is 9.40. The second-order valence-electron chi connectivity index (χ2n) is 11.5. The second kappa shape index (κ2) is 12.3. The van der Waals surface area contributed by atoms with Gasteiger partial charge in [-0.2, -0.15) is 0 Å². The fraction of sp³-hybridized carbons (Fsp3) is 0.767. The molecular weight excluding hydrogens is 484 g/mol. The summed E-state index contributed by atoms with van der Waals surface area (Å²) in [6.45, 7) is 10.5. The molecule has 2 unspecified atom stereocenters. The molecule has 4 fully saturated rings. The molecule has 8 heteroatoms. The van der Waals surface area contributed by atoms with Gasteiger partial charge in [0.25, 0.3) is 0 Å². The SMILES string of the molecule is C=CCCCCOC(=O)[C@@H]1[C@H]2C(=O)N(CCCO)C(C(=O)N(CC=C)C3CCCCC3)C23CC[C@@]1(CC)O3. The van der Waals surface area contributed by atoms with Gasteiger partial charge in [0.1, 0.15) is 17.6 Å². The molecule has 0 radical (unpaired) electrons. The molecule has 212 valence electrons. The number of nitrogens with zero attached hydrogens (tertiary/aromatic N) is 2. The maximum absolute atomic E-state index is 14.4. The van der Waals surface area contributed by atoms with Crippen LogP contribution in [-0.4, -0.2) is 82.3 Å². The number of allylic oxidation sites excluding steroid dienone is 1. The van der Waals surface area contributed by atoms with Crippen molar-refractivity contribution in [3.05, 3.63) is 25.3 Å². The second-order valence-corrected chi connectivity index (χ2v) is 11.5. The number of ether oxygens (including phenoxy) is 2. The normalized spacial score (nSPS) is 32.3. The molecule has 5 atom stereocenters. The molecule has 4 aliphatic rings. The maximum Gasteiger partial charge on any atom is 0.312 e. The Morgan fingerprint density at radius 2 is 1.92 bits per heavy atom. The Hall–Kier alpha value is -2.19. The highest BCUT2D eigenvalue weighted by molar-refractivity contribution is 5.98. The largest absolute Gasteiger partial charge is 0.465 e. The number of aliphatic hydroxyl groups excluding tert-OH is 1. The lowest BCUT2D eigenvalue weighted by Crippen LogP contribution is -2.58. The summed E-state index contributed by atoms with van der Waals surface area (Å²) in [4.78, 5) is 45.6. The zero-order chi connectivity index (χ0) is 27.3. The summed E-state index contributed by atoms with van der Waals surface area (Å²) >= 11 is 0. The molecule has 1 aliphatic carbocycles. The van der Waals surface area contributed by atoms with Crippen molar-refractivity contribution >= 4 is 17.8 Å². The van der Waals surface area contributed by atoms with Crippen molar-refractivity contribution in [1.29, 1.82) is 0 Å². The van der Waals surface area contributed by atoms with E-state index in [2.05, 4.69) is 13.2 Å². The smallest absolute Gasteiger partial charge is 0.312 e. The van der Waals surface area contributed by atoms with Gasteiger partial charge in [-0.3, -0.25) is 14.4 Å². The average molecular weight is 531 g/mol. The first-order valence-electron chi connectivity index (χ1n) is 14.7. The monoisotopic (exact) mass is 530 g/mol. The van der Waals surface area contributed by atoms with Crippen molar-refractivity contribution in [2.45, 2.75) is 107 Å². The van der Waals surface area contributed by atoms with Crippen LogP contribution in [0.5, 0.6) is 0 Å². The van der Waals surface area contributed by atoms with Gasteiger partial charge in [-0.1, -0.05) is 38.3 Å². The zero-order valence-corrected chi connectivity index (χ0v) is 23.1. The lowest BCUT2D eigenvalue weighted by molar-refractivity contribution is -0.162. The summed E-state index contributed by atoms with van der Waals surface area (Å²) in [5, 5.41) is 9.59. The van der Waals surface area contributed by atoms with Gasteiger partial charge in [-0.25, -0.2) is 0 Å². The van der Waals surface area contributed by atoms with E-state index in [-0.39, 0.29) is 31.0 Å². The molecule has 3 saturated heterocycles. The number of amides is 2. The van der Waals surface area contributed by atoms with E-state index in [1.807, 2.05) is 17.9 Å². The Bertz CT molecular complexity index is 901. The molecule has 3 heterocycles. The predicted octanol–water partition coefficient (Wildman–Crippen LogP) is 3.77. The minimum absolute atomic E-state index is 0.0860. The van der Waals surface area contributed by atoms with Gasteiger partial charge >= 0.3 is 5.97 Å². The van der Waals surface area contributed by atoms with E-state index in [1.54, 1.807) is 11.0 Å². The number of carbonyl (C=O) groups is 3. The van der Waals surface area contributed by atoms with Crippen molar-refractivity contribution in [3.63, 3.8) is 0 Å². The highest BCUT2D eigenvalue weighted by atomic mass is 16.6. The minimum Gasteiger partial charge on any atom is -0.465 e. The third-order valence-electron chi connectivity index (χ3n) is 9.40. The summed E-state index contributed by atoms with van der Waals surface area (Å²) in [5.41, 5.74) is -1.85. The molecule has 0 aromatic heterocycles. The first-order valence-corrected chi connectivity index (χ1v) is 14.7. The lowest BCUT2D eigenvalue weighted by Gasteiger charge is -2.40. The van der Waals surface area contributed by atoms with Gasteiger partial charge in [0, 0.05) is 25.7 Å². The van der Waals surface area contributed by atoms with E-state index in [1.165, 1.54) is 6.42 Å². The van der Waals surface area contributed by atoms with Crippen LogP contribution < -0.4 is 0 Å². The topological polar surface area (TPSA) is 96.4 Å². The van der Waals surface area contributed by atoms with Crippen LogP contribution >= 0.6 is 0 Å². The number of rotatable bonds is 14. The Morgan fingerprint density at radius 3 is 2.58 bits per heavy atom. The van der Waals surface area contributed by atoms with Gasteiger partial charge in [-0.15, -0.1) is 13.2 Å². The number of hydrogen-bond donors (Lipinski definition) is 1. The molecule has 0 aromatic rings. The van der Waals surface area contributed by atoms with E-state index in [9.17, 15) is 19.5 Å². The number of carbonyl (C=O) groups excluding carboxylic acids is 3. The fourth-order valence-electron chi connectivity index (χ4n) is 7.60. The Morgan fingerprint density at radius 1 is 1.16 bits per heavy atom. The van der Waals surface area contributed by atoms with Gasteiger partial charge in [-0.05, 0) is 57.8 Å². The molecule has 2 bridgehead atoms. The quantitative estimate of drug-likeness (QED) is 0.209. The predicted molar refractivity (Wildman–Crippen MR) is 144 cm³/mol. The van der Waals surface area contributed by atoms with Crippen molar-refractivity contribution < 1.29 is 29.0 Å². The van der Waals surface area contributed by atoms with E-state index in [0.717, 1.165) is 44.9 Å². The minimum atomic E-state index is -1.06. The van der Waals surface area contributed by atoms with Gasteiger partial charge < -0.3 is 24.4 Å². The van der Waals surface area contributed by atoms with E-state index < -0.39 is 35.0 Å². The fourth-order valence-corrected chi connectivity index (χ4v) is 7.60. The standard InChI is InChI=1S/C30H46N2O6/c1-4-7-8-12-21-37-28(36)24-23-26(34)32(19-13-20-33)25(30(23)17-16-29(24,6-3)38-30)27(35)31(18-5-2)22-14-10-9-11-15-22/h4-5,22-25,33H,1-2,6-21H2,3H3/t23-,24-,25?,29+,30?/m0/s1. The van der Waals surface area contributed by atoms with Crippen molar-refractivity contribution in [1.82, 2.24) is 9.80 Å². The molecule has 4 rings (SSSR count). The zero-order valence-electron chi connectivity index (χ0n) is 23.1. The molecule has 2 amide bonds. The van der Waals surface area contributed by atoms with Crippen molar-refractivity contribution in [2.75, 3.05) is 26.3 Å². The first kappa shape index (κ1) is 28.8. The van der Waals surface area contributed by atoms with Crippen LogP contribution in [0.4, 0.5) is 0 Å². The summed E-state index contributed by atoms with van der Waals surface area (Å²) in [7, 11) is 0. The highest BCUT2D eigenvalue weighted by Gasteiger charge is 2.79. The molecule has 38 heavy (non-hydrogen) atoms. The van der Waals surface area contributed by atoms with Gasteiger partial charge in [0.15, 0.2) is 0 Å². The lowest BCUT2D eigenvalue weighted by atomic mass is 9.65. The Labute approximate surface area is 227 Å². The number of likely N-dealkylation sites (tertiary alicyclic amines) is 1. The summed E-state index contributed by atoms with van der Waals surface area (Å²) in [5.74, 6) is -2.21. The number of unbranched alkanes of at least 4 members (excludes halogenated alkanes) is 2. The Kier molecular flexibility index (Phi) is 9.35. The molecule has 1 spiro atoms. The molecule has 1 N–H and O–H groups in total. The Balaban J connectivity index is 1.66. The number of fused-ring (bicyclic) bond motifs is 1. The van der Waals surface area contributed by atoms with Crippen LogP contribution in [0, 0.1) is 11.8 Å². The number of aliphatic hydroxyl groups is 1. The van der Waals surface area contributed by atoms with Crippen LogP contribution in [0.25, 0.3) is 0 Å². The van der Waals surface area contributed by atoms with Crippen LogP contribution in [0.15, 0.2) is 25.3 Å². The van der Waals surface area contributed by atoms with Gasteiger partial charge in [0.05, 0.1) is 18.1 Å². The van der Waals surface area contributed by atoms with Crippen LogP contribution in [-0.2, 0) is 23.9 Å². The highest BCUT2D eigenvalue weighted by Crippen LogP contribution is 2.64. The summed E-state index contributed by atoms with van der Waals surface area (Å²) < 4.78 is 12.5. The van der Waals surface area contributed by atoms with E-state index in [0.29, 0.717) is 38.8 Å². The molecule has 1 saturated carbocycles. The van der Waals surface area contributed by atoms with Crippen molar-refractivity contribution in [3.8, 4) is 0 Å².